The minimum absolute atomic E-state index is 0.00826. The number of aliphatic hydroxyl groups is 1. The highest BCUT2D eigenvalue weighted by Crippen LogP contribution is 2.54. The molecule has 4 atom stereocenters. The van der Waals surface area contributed by atoms with E-state index in [-0.39, 0.29) is 11.3 Å². The predicted octanol–water partition coefficient (Wildman–Crippen LogP) is 3.71. The molecule has 1 fully saturated rings. The predicted molar refractivity (Wildman–Crippen MR) is 101 cm³/mol. The van der Waals surface area contributed by atoms with Crippen LogP contribution < -0.4 is 0 Å². The lowest BCUT2D eigenvalue weighted by atomic mass is 10.1. The Morgan fingerprint density at radius 2 is 1.88 bits per heavy atom. The number of aliphatic hydroxyl groups excluding tert-OH is 1. The molecule has 0 heterocycles. The summed E-state index contributed by atoms with van der Waals surface area (Å²) in [6.45, 7) is 5.36. The van der Waals surface area contributed by atoms with Crippen molar-refractivity contribution in [2.45, 2.75) is 37.9 Å². The van der Waals surface area contributed by atoms with Gasteiger partial charge in [-0.15, -0.1) is 0 Å². The van der Waals surface area contributed by atoms with E-state index in [0.717, 1.165) is 22.4 Å². The van der Waals surface area contributed by atoms with Crippen LogP contribution in [0.3, 0.4) is 0 Å². The van der Waals surface area contributed by atoms with E-state index in [1.807, 2.05) is 61.5 Å². The Labute approximate surface area is 152 Å². The first-order valence-electron chi connectivity index (χ1n) is 8.73. The molecule has 4 heteroatoms. The van der Waals surface area contributed by atoms with Crippen LogP contribution in [0.15, 0.2) is 59.5 Å². The van der Waals surface area contributed by atoms with Crippen molar-refractivity contribution in [3.8, 4) is 0 Å². The quantitative estimate of drug-likeness (QED) is 0.782. The Morgan fingerprint density at radius 1 is 1.20 bits per heavy atom. The van der Waals surface area contributed by atoms with E-state index in [1.165, 1.54) is 0 Å². The summed E-state index contributed by atoms with van der Waals surface area (Å²) in [6.07, 6.45) is 0.376. The van der Waals surface area contributed by atoms with Gasteiger partial charge in [0.1, 0.15) is 0 Å². The Bertz CT molecular complexity index is 714. The summed E-state index contributed by atoms with van der Waals surface area (Å²) in [4.78, 5) is 0.785. The normalized spacial score (nSPS) is 24.7. The average Bonchev–Trinajstić information content (AvgIpc) is 3.28. The van der Waals surface area contributed by atoms with Crippen molar-refractivity contribution in [3.63, 3.8) is 0 Å². The molecule has 0 aromatic heterocycles. The summed E-state index contributed by atoms with van der Waals surface area (Å²) < 4.78 is 18.3. The van der Waals surface area contributed by atoms with Crippen LogP contribution in [-0.2, 0) is 22.1 Å². The van der Waals surface area contributed by atoms with Gasteiger partial charge in [0, 0.05) is 4.90 Å². The molecule has 1 aliphatic carbocycles. The first-order chi connectivity index (χ1) is 12.0. The lowest BCUT2D eigenvalue weighted by molar-refractivity contribution is 0.0634. The van der Waals surface area contributed by atoms with Crippen molar-refractivity contribution in [1.29, 1.82) is 0 Å². The maximum atomic E-state index is 12.4. The summed E-state index contributed by atoms with van der Waals surface area (Å²) in [7, 11) is -1.16. The van der Waals surface area contributed by atoms with Gasteiger partial charge in [-0.1, -0.05) is 55.0 Å². The summed E-state index contributed by atoms with van der Waals surface area (Å²) in [5.74, 6) is 0.458. The van der Waals surface area contributed by atoms with Crippen LogP contribution in [0, 0.1) is 18.3 Å². The van der Waals surface area contributed by atoms with Gasteiger partial charge in [-0.25, -0.2) is 0 Å². The molecular formula is C21H26O3S. The molecule has 2 aromatic carbocycles. The summed E-state index contributed by atoms with van der Waals surface area (Å²) in [6, 6.07) is 17.8. The van der Waals surface area contributed by atoms with Gasteiger partial charge in [0.05, 0.1) is 35.9 Å². The van der Waals surface area contributed by atoms with Crippen LogP contribution in [0.1, 0.15) is 24.5 Å². The molecule has 25 heavy (non-hydrogen) atoms. The van der Waals surface area contributed by atoms with Gasteiger partial charge >= 0.3 is 0 Å². The second-order valence-corrected chi connectivity index (χ2v) is 8.83. The van der Waals surface area contributed by atoms with Gasteiger partial charge < -0.3 is 9.84 Å². The van der Waals surface area contributed by atoms with Crippen LogP contribution in [0.4, 0.5) is 0 Å². The van der Waals surface area contributed by atoms with E-state index in [2.05, 4.69) is 6.92 Å². The zero-order chi connectivity index (χ0) is 17.9. The minimum atomic E-state index is -1.16. The second kappa shape index (κ2) is 7.81. The van der Waals surface area contributed by atoms with Gasteiger partial charge in [-0.2, -0.15) is 0 Å². The van der Waals surface area contributed by atoms with E-state index in [0.29, 0.717) is 19.0 Å². The van der Waals surface area contributed by atoms with Crippen molar-refractivity contribution in [2.24, 2.45) is 11.3 Å². The summed E-state index contributed by atoms with van der Waals surface area (Å²) in [5, 5.41) is 10.5. The maximum absolute atomic E-state index is 12.4. The molecule has 2 aromatic rings. The zero-order valence-corrected chi connectivity index (χ0v) is 15.7. The molecule has 1 aliphatic rings. The zero-order valence-electron chi connectivity index (χ0n) is 14.9. The van der Waals surface area contributed by atoms with Crippen LogP contribution in [0.2, 0.25) is 0 Å². The summed E-state index contributed by atoms with van der Waals surface area (Å²) >= 11 is 0. The van der Waals surface area contributed by atoms with Gasteiger partial charge in [0.2, 0.25) is 0 Å². The fourth-order valence-corrected chi connectivity index (χ4v) is 4.42. The van der Waals surface area contributed by atoms with E-state index >= 15 is 0 Å². The molecule has 3 nitrogen and oxygen atoms in total. The van der Waals surface area contributed by atoms with Crippen molar-refractivity contribution in [2.75, 3.05) is 12.4 Å². The molecule has 0 bridgehead atoms. The Morgan fingerprint density at radius 3 is 2.56 bits per heavy atom. The largest absolute Gasteiger partial charge is 0.392 e. The van der Waals surface area contributed by atoms with Crippen LogP contribution in [0.5, 0.6) is 0 Å². The molecule has 134 valence electrons. The van der Waals surface area contributed by atoms with Crippen LogP contribution in [0.25, 0.3) is 0 Å². The van der Waals surface area contributed by atoms with Crippen molar-refractivity contribution < 1.29 is 14.1 Å². The van der Waals surface area contributed by atoms with E-state index in [4.69, 9.17) is 4.74 Å². The molecule has 0 unspecified atom stereocenters. The van der Waals surface area contributed by atoms with E-state index < -0.39 is 16.9 Å². The van der Waals surface area contributed by atoms with Crippen LogP contribution in [-0.4, -0.2) is 27.8 Å². The SMILES string of the molecule is Cc1ccc([S@@](=O)C[C@H](O)[C@@H]2C[C@@]2(C)COCc2ccccc2)cc1. The van der Waals surface area contributed by atoms with Gasteiger partial charge in [0.25, 0.3) is 0 Å². The fraction of sp³-hybridized carbons (Fsp3) is 0.429. The van der Waals surface area contributed by atoms with Gasteiger partial charge in [0.15, 0.2) is 0 Å². The average molecular weight is 359 g/mol. The highest BCUT2D eigenvalue weighted by molar-refractivity contribution is 7.85. The third-order valence-electron chi connectivity index (χ3n) is 5.04. The second-order valence-electron chi connectivity index (χ2n) is 7.34. The molecule has 1 saturated carbocycles. The Hall–Kier alpha value is -1.49. The van der Waals surface area contributed by atoms with E-state index in [1.54, 1.807) is 0 Å². The number of ether oxygens (including phenoxy) is 1. The minimum Gasteiger partial charge on any atom is -0.392 e. The molecule has 1 N–H and O–H groups in total. The number of rotatable bonds is 8. The van der Waals surface area contributed by atoms with Crippen LogP contribution >= 0.6 is 0 Å². The van der Waals surface area contributed by atoms with Gasteiger partial charge in [-0.3, -0.25) is 4.21 Å². The highest BCUT2D eigenvalue weighted by atomic mass is 32.2. The molecule has 0 radical (unpaired) electrons. The molecule has 3 rings (SSSR count). The molecule has 0 saturated heterocycles. The Balaban J connectivity index is 1.46. The number of hydrogen-bond donors (Lipinski definition) is 1. The van der Waals surface area contributed by atoms with Crippen molar-refractivity contribution in [1.82, 2.24) is 0 Å². The fourth-order valence-electron chi connectivity index (χ4n) is 3.24. The third kappa shape index (κ3) is 4.78. The maximum Gasteiger partial charge on any atom is 0.0717 e. The standard InChI is InChI=1S/C21H26O3S/c1-16-8-10-18(11-9-16)25(23)14-20(22)19-12-21(19,2)15-24-13-17-6-4-3-5-7-17/h3-11,19-20,22H,12-15H2,1-2H3/t19-,20-,21-,25-/m0/s1. The van der Waals surface area contributed by atoms with E-state index in [9.17, 15) is 9.32 Å². The Kier molecular flexibility index (Phi) is 5.72. The molecular weight excluding hydrogens is 332 g/mol. The first kappa shape index (κ1) is 18.3. The lowest BCUT2D eigenvalue weighted by Crippen LogP contribution is -2.23. The molecule has 0 aliphatic heterocycles. The summed E-state index contributed by atoms with van der Waals surface area (Å²) in [5.41, 5.74) is 2.29. The molecule has 0 spiro atoms. The van der Waals surface area contributed by atoms with Crippen molar-refractivity contribution in [3.05, 3.63) is 65.7 Å². The van der Waals surface area contributed by atoms with Crippen molar-refractivity contribution >= 4 is 10.8 Å². The number of hydrogen-bond acceptors (Lipinski definition) is 3. The third-order valence-corrected chi connectivity index (χ3v) is 6.48. The first-order valence-corrected chi connectivity index (χ1v) is 10.0. The number of aryl methyl sites for hydroxylation is 1. The lowest BCUT2D eigenvalue weighted by Gasteiger charge is -2.16. The highest BCUT2D eigenvalue weighted by Gasteiger charge is 2.53. The smallest absolute Gasteiger partial charge is 0.0717 e. The topological polar surface area (TPSA) is 46.5 Å². The molecule has 0 amide bonds. The van der Waals surface area contributed by atoms with Gasteiger partial charge in [-0.05, 0) is 42.4 Å². The monoisotopic (exact) mass is 358 g/mol. The number of benzene rings is 2.